The maximum atomic E-state index is 11.3. The number of hydrogen-bond donors (Lipinski definition) is 2. The summed E-state index contributed by atoms with van der Waals surface area (Å²) in [4.78, 5) is 11.3. The van der Waals surface area contributed by atoms with Gasteiger partial charge in [0.05, 0.1) is 12.0 Å². The minimum Gasteiger partial charge on any atom is -0.481 e. The van der Waals surface area contributed by atoms with Crippen molar-refractivity contribution in [1.29, 1.82) is 0 Å². The van der Waals surface area contributed by atoms with Gasteiger partial charge in [0.15, 0.2) is 0 Å². The van der Waals surface area contributed by atoms with Crippen LogP contribution in [0.15, 0.2) is 0 Å². The van der Waals surface area contributed by atoms with Crippen LogP contribution < -0.4 is 0 Å². The van der Waals surface area contributed by atoms with E-state index in [0.717, 1.165) is 38.5 Å². The zero-order valence-corrected chi connectivity index (χ0v) is 9.78. The normalized spacial score (nSPS) is 25.6. The first-order chi connectivity index (χ1) is 7.71. The van der Waals surface area contributed by atoms with Crippen LogP contribution in [0.25, 0.3) is 0 Å². The molecule has 0 amide bonds. The van der Waals surface area contributed by atoms with Gasteiger partial charge in [-0.25, -0.2) is 0 Å². The number of aliphatic hydroxyl groups excluding tert-OH is 1. The van der Waals surface area contributed by atoms with E-state index in [2.05, 4.69) is 0 Å². The Morgan fingerprint density at radius 2 is 2.00 bits per heavy atom. The lowest BCUT2D eigenvalue weighted by molar-refractivity contribution is -0.158. The summed E-state index contributed by atoms with van der Waals surface area (Å²) in [5.74, 6) is -0.714. The van der Waals surface area contributed by atoms with Gasteiger partial charge in [-0.15, -0.1) is 0 Å². The van der Waals surface area contributed by atoms with Crippen LogP contribution in [0.2, 0.25) is 0 Å². The van der Waals surface area contributed by atoms with Crippen LogP contribution >= 0.6 is 0 Å². The molecule has 0 bridgehead atoms. The molecular weight excluding hydrogens is 208 g/mol. The van der Waals surface area contributed by atoms with Crippen LogP contribution in [0, 0.1) is 5.41 Å². The molecule has 0 saturated carbocycles. The first kappa shape index (κ1) is 13.5. The lowest BCUT2D eigenvalue weighted by Crippen LogP contribution is -2.39. The number of aliphatic carboxylic acids is 1. The molecule has 1 saturated heterocycles. The Hall–Kier alpha value is -0.610. The summed E-state index contributed by atoms with van der Waals surface area (Å²) in [7, 11) is 0. The van der Waals surface area contributed by atoms with Crippen molar-refractivity contribution in [2.75, 3.05) is 19.8 Å². The largest absolute Gasteiger partial charge is 0.481 e. The zero-order chi connectivity index (χ0) is 11.9. The smallest absolute Gasteiger partial charge is 0.311 e. The lowest BCUT2D eigenvalue weighted by Gasteiger charge is -2.33. The van der Waals surface area contributed by atoms with Crippen LogP contribution in [-0.2, 0) is 9.53 Å². The summed E-state index contributed by atoms with van der Waals surface area (Å²) in [6.45, 7) is 1.29. The molecule has 4 heteroatoms. The van der Waals surface area contributed by atoms with E-state index in [-0.39, 0.29) is 6.61 Å². The molecule has 0 radical (unpaired) electrons. The first-order valence-electron chi connectivity index (χ1n) is 6.13. The fourth-order valence-electron chi connectivity index (χ4n) is 2.25. The van der Waals surface area contributed by atoms with Crippen LogP contribution in [-0.4, -0.2) is 36.0 Å². The van der Waals surface area contributed by atoms with Gasteiger partial charge in [0.1, 0.15) is 0 Å². The molecule has 1 unspecified atom stereocenters. The summed E-state index contributed by atoms with van der Waals surface area (Å²) >= 11 is 0. The monoisotopic (exact) mass is 230 g/mol. The van der Waals surface area contributed by atoms with Gasteiger partial charge in [0.2, 0.25) is 0 Å². The van der Waals surface area contributed by atoms with Crippen LogP contribution in [0.1, 0.15) is 44.9 Å². The summed E-state index contributed by atoms with van der Waals surface area (Å²) in [6, 6.07) is 0. The standard InChI is InChI=1S/C12H22O4/c13-8-4-2-1-3-6-12(11(14)15)7-5-9-16-10-12/h13H,1-10H2,(H,14,15). The van der Waals surface area contributed by atoms with Gasteiger partial charge in [-0.05, 0) is 25.7 Å². The summed E-state index contributed by atoms with van der Waals surface area (Å²) in [6.07, 6.45) is 5.99. The number of aliphatic hydroxyl groups is 1. The number of ether oxygens (including phenoxy) is 1. The van der Waals surface area contributed by atoms with Crippen molar-refractivity contribution in [3.05, 3.63) is 0 Å². The first-order valence-corrected chi connectivity index (χ1v) is 6.13. The molecule has 94 valence electrons. The molecule has 1 atom stereocenters. The molecule has 0 aliphatic carbocycles. The highest BCUT2D eigenvalue weighted by atomic mass is 16.5. The van der Waals surface area contributed by atoms with Crippen molar-refractivity contribution in [3.8, 4) is 0 Å². The number of hydrogen-bond acceptors (Lipinski definition) is 3. The highest BCUT2D eigenvalue weighted by Crippen LogP contribution is 2.34. The number of carbonyl (C=O) groups is 1. The molecule has 4 nitrogen and oxygen atoms in total. The summed E-state index contributed by atoms with van der Waals surface area (Å²) < 4.78 is 5.30. The van der Waals surface area contributed by atoms with E-state index in [9.17, 15) is 9.90 Å². The molecule has 1 fully saturated rings. The summed E-state index contributed by atoms with van der Waals surface area (Å²) in [5, 5.41) is 17.9. The highest BCUT2D eigenvalue weighted by Gasteiger charge is 2.39. The summed E-state index contributed by atoms with van der Waals surface area (Å²) in [5.41, 5.74) is -0.641. The van der Waals surface area contributed by atoms with Gasteiger partial charge in [0.25, 0.3) is 0 Å². The average molecular weight is 230 g/mol. The SMILES string of the molecule is O=C(O)C1(CCCCCCO)CCCOC1. The molecule has 1 rings (SSSR count). The molecule has 0 aromatic heterocycles. The van der Waals surface area contributed by atoms with Gasteiger partial charge in [0, 0.05) is 13.2 Å². The molecule has 0 aromatic carbocycles. The molecule has 0 aromatic rings. The van der Waals surface area contributed by atoms with Crippen LogP contribution in [0.4, 0.5) is 0 Å². The third-order valence-electron chi connectivity index (χ3n) is 3.34. The average Bonchev–Trinajstić information content (AvgIpc) is 2.30. The van der Waals surface area contributed by atoms with Gasteiger partial charge in [-0.2, -0.15) is 0 Å². The Morgan fingerprint density at radius 3 is 2.56 bits per heavy atom. The second kappa shape index (κ2) is 6.86. The Balaban J connectivity index is 2.30. The quantitative estimate of drug-likeness (QED) is 0.655. The maximum absolute atomic E-state index is 11.3. The van der Waals surface area contributed by atoms with Gasteiger partial charge in [-0.3, -0.25) is 4.79 Å². The van der Waals surface area contributed by atoms with Crippen molar-refractivity contribution in [1.82, 2.24) is 0 Å². The molecule has 1 aliphatic rings. The van der Waals surface area contributed by atoms with Gasteiger partial charge >= 0.3 is 5.97 Å². The van der Waals surface area contributed by atoms with E-state index in [4.69, 9.17) is 9.84 Å². The molecule has 16 heavy (non-hydrogen) atoms. The minimum atomic E-state index is -0.714. The van der Waals surface area contributed by atoms with E-state index in [1.54, 1.807) is 0 Å². The van der Waals surface area contributed by atoms with E-state index in [0.29, 0.717) is 19.6 Å². The van der Waals surface area contributed by atoms with E-state index < -0.39 is 11.4 Å². The third-order valence-corrected chi connectivity index (χ3v) is 3.34. The Labute approximate surface area is 96.6 Å². The van der Waals surface area contributed by atoms with Crippen molar-refractivity contribution in [3.63, 3.8) is 0 Å². The fourth-order valence-corrected chi connectivity index (χ4v) is 2.25. The highest BCUT2D eigenvalue weighted by molar-refractivity contribution is 5.74. The van der Waals surface area contributed by atoms with Crippen LogP contribution in [0.5, 0.6) is 0 Å². The predicted octanol–water partition coefficient (Wildman–Crippen LogP) is 1.81. The fraction of sp³-hybridized carbons (Fsp3) is 0.917. The van der Waals surface area contributed by atoms with Gasteiger partial charge < -0.3 is 14.9 Å². The van der Waals surface area contributed by atoms with Crippen molar-refractivity contribution >= 4 is 5.97 Å². The topological polar surface area (TPSA) is 66.8 Å². The van der Waals surface area contributed by atoms with E-state index in [1.165, 1.54) is 0 Å². The number of unbranched alkanes of at least 4 members (excludes halogenated alkanes) is 3. The second-order valence-corrected chi connectivity index (χ2v) is 4.63. The number of carboxylic acids is 1. The maximum Gasteiger partial charge on any atom is 0.311 e. The van der Waals surface area contributed by atoms with Crippen molar-refractivity contribution < 1.29 is 19.7 Å². The van der Waals surface area contributed by atoms with Gasteiger partial charge in [-0.1, -0.05) is 19.3 Å². The molecular formula is C12H22O4. The predicted molar refractivity (Wildman–Crippen MR) is 60.3 cm³/mol. The molecule has 2 N–H and O–H groups in total. The number of carboxylic acid groups (broad SMARTS) is 1. The van der Waals surface area contributed by atoms with Crippen LogP contribution in [0.3, 0.4) is 0 Å². The molecule has 1 heterocycles. The lowest BCUT2D eigenvalue weighted by atomic mass is 9.78. The van der Waals surface area contributed by atoms with E-state index in [1.807, 2.05) is 0 Å². The Bertz CT molecular complexity index is 209. The molecule has 0 spiro atoms. The third kappa shape index (κ3) is 3.76. The van der Waals surface area contributed by atoms with Crippen molar-refractivity contribution in [2.24, 2.45) is 5.41 Å². The van der Waals surface area contributed by atoms with Crippen molar-refractivity contribution in [2.45, 2.75) is 44.9 Å². The second-order valence-electron chi connectivity index (χ2n) is 4.63. The van der Waals surface area contributed by atoms with E-state index >= 15 is 0 Å². The Kier molecular flexibility index (Phi) is 5.77. The zero-order valence-electron chi connectivity index (χ0n) is 9.78. The Morgan fingerprint density at radius 1 is 1.25 bits per heavy atom. The number of rotatable bonds is 7. The minimum absolute atomic E-state index is 0.229. The molecule has 1 aliphatic heterocycles.